The predicted molar refractivity (Wildman–Crippen MR) is 104 cm³/mol. The van der Waals surface area contributed by atoms with Gasteiger partial charge in [-0.25, -0.2) is 4.98 Å². The van der Waals surface area contributed by atoms with E-state index in [2.05, 4.69) is 20.5 Å². The summed E-state index contributed by atoms with van der Waals surface area (Å²) >= 11 is 6.19. The second kappa shape index (κ2) is 8.00. The van der Waals surface area contributed by atoms with Crippen LogP contribution in [0, 0.1) is 13.8 Å². The summed E-state index contributed by atoms with van der Waals surface area (Å²) < 4.78 is 7.40. The number of nitrogens with one attached hydrogen (secondary N) is 2. The number of carbonyl (C=O) groups is 1. The highest BCUT2D eigenvalue weighted by atomic mass is 35.5. The molecule has 144 valence electrons. The highest BCUT2D eigenvalue weighted by Gasteiger charge is 2.21. The van der Waals surface area contributed by atoms with Gasteiger partial charge in [-0.15, -0.1) is 5.10 Å². The van der Waals surface area contributed by atoms with Crippen LogP contribution in [0.15, 0.2) is 24.3 Å². The zero-order valence-corrected chi connectivity index (χ0v) is 16.7. The van der Waals surface area contributed by atoms with E-state index in [-0.39, 0.29) is 11.8 Å². The molecule has 2 N–H and O–H groups in total. The second-order valence-electron chi connectivity index (χ2n) is 6.73. The number of aryl methyl sites for hydroxylation is 2. The minimum atomic E-state index is -0.541. The summed E-state index contributed by atoms with van der Waals surface area (Å²) in [6.07, 6.45) is 0.0371. The van der Waals surface area contributed by atoms with Crippen LogP contribution in [0.5, 0.6) is 5.75 Å². The van der Waals surface area contributed by atoms with Crippen molar-refractivity contribution in [1.29, 1.82) is 0 Å². The Morgan fingerprint density at radius 1 is 1.41 bits per heavy atom. The molecule has 3 rings (SSSR count). The Balaban J connectivity index is 1.60. The van der Waals surface area contributed by atoms with Gasteiger partial charge in [-0.05, 0) is 38.0 Å². The molecule has 0 aliphatic rings. The van der Waals surface area contributed by atoms with Gasteiger partial charge in [0.25, 0.3) is 5.91 Å². The van der Waals surface area contributed by atoms with Crippen molar-refractivity contribution in [3.05, 3.63) is 46.4 Å². The molecule has 2 unspecified atom stereocenters. The molecule has 3 aromatic rings. The first kappa shape index (κ1) is 19.2. The molecule has 0 spiro atoms. The van der Waals surface area contributed by atoms with E-state index in [0.29, 0.717) is 35.2 Å². The monoisotopic (exact) mass is 389 g/mol. The fourth-order valence-corrected chi connectivity index (χ4v) is 2.93. The zero-order valence-electron chi connectivity index (χ0n) is 15.9. The Bertz CT molecular complexity index is 949. The fourth-order valence-electron chi connectivity index (χ4n) is 2.77. The average molecular weight is 390 g/mol. The fraction of sp³-hybridized carbons (Fsp3) is 0.421. The van der Waals surface area contributed by atoms with E-state index < -0.39 is 6.10 Å². The second-order valence-corrected chi connectivity index (χ2v) is 7.11. The number of hydrogen-bond acceptors (Lipinski definition) is 4. The molecule has 1 aromatic carbocycles. The van der Waals surface area contributed by atoms with Crippen LogP contribution < -0.4 is 10.1 Å². The van der Waals surface area contributed by atoms with Gasteiger partial charge in [0.1, 0.15) is 10.8 Å². The molecule has 0 bridgehead atoms. The molecule has 1 amide bonds. The normalized spacial score (nSPS) is 13.5. The standard InChI is InChI=1S/C19H24ClN5O2/c1-5-15(27-14-8-6-7-11(2)9-14)19(26)21-10-12(3)17-22-18-16(20)13(4)23-25(18)24-17/h6-9,12,15,23H,5,10H2,1-4H3,(H,21,26). The SMILES string of the molecule is CCC(Oc1cccc(C)c1)C(=O)NCC(C)c1nc2c(Cl)c(C)[nH]n2n1. The maximum absolute atomic E-state index is 12.5. The van der Waals surface area contributed by atoms with E-state index >= 15 is 0 Å². The molecule has 0 saturated heterocycles. The van der Waals surface area contributed by atoms with E-state index in [1.165, 1.54) is 0 Å². The Kier molecular flexibility index (Phi) is 5.70. The van der Waals surface area contributed by atoms with Crippen molar-refractivity contribution in [3.63, 3.8) is 0 Å². The molecule has 0 aliphatic carbocycles. The van der Waals surface area contributed by atoms with Gasteiger partial charge < -0.3 is 10.1 Å². The van der Waals surface area contributed by atoms with Gasteiger partial charge >= 0.3 is 0 Å². The number of amides is 1. The van der Waals surface area contributed by atoms with Gasteiger partial charge in [0.05, 0.1) is 5.69 Å². The van der Waals surface area contributed by atoms with Crippen molar-refractivity contribution >= 4 is 23.2 Å². The molecule has 2 atom stereocenters. The van der Waals surface area contributed by atoms with Gasteiger partial charge in [0.2, 0.25) is 0 Å². The van der Waals surface area contributed by atoms with Crippen LogP contribution in [0.2, 0.25) is 5.02 Å². The van der Waals surface area contributed by atoms with E-state index in [4.69, 9.17) is 16.3 Å². The first-order valence-corrected chi connectivity index (χ1v) is 9.38. The lowest BCUT2D eigenvalue weighted by Gasteiger charge is -2.18. The first-order chi connectivity index (χ1) is 12.9. The molecular weight excluding hydrogens is 366 g/mol. The largest absolute Gasteiger partial charge is 0.481 e. The number of fused-ring (bicyclic) bond motifs is 1. The number of benzene rings is 1. The number of halogens is 1. The highest BCUT2D eigenvalue weighted by molar-refractivity contribution is 6.34. The number of aromatic nitrogens is 4. The smallest absolute Gasteiger partial charge is 0.261 e. The quantitative estimate of drug-likeness (QED) is 0.648. The van der Waals surface area contributed by atoms with Crippen LogP contribution >= 0.6 is 11.6 Å². The molecule has 0 saturated carbocycles. The third-order valence-electron chi connectivity index (χ3n) is 4.38. The number of aromatic amines is 1. The van der Waals surface area contributed by atoms with Crippen molar-refractivity contribution in [2.24, 2.45) is 0 Å². The number of H-pyrrole nitrogens is 1. The van der Waals surface area contributed by atoms with E-state index in [1.807, 2.05) is 52.0 Å². The summed E-state index contributed by atoms with van der Waals surface area (Å²) in [5.74, 6) is 1.11. The van der Waals surface area contributed by atoms with Crippen LogP contribution in [-0.4, -0.2) is 38.4 Å². The molecule has 27 heavy (non-hydrogen) atoms. The molecule has 0 fully saturated rings. The lowest BCUT2D eigenvalue weighted by atomic mass is 10.1. The summed E-state index contributed by atoms with van der Waals surface area (Å²) in [6.45, 7) is 8.14. The number of ether oxygens (including phenoxy) is 1. The molecule has 7 nitrogen and oxygen atoms in total. The number of carbonyl (C=O) groups excluding carboxylic acids is 1. The summed E-state index contributed by atoms with van der Waals surface area (Å²) in [6, 6.07) is 7.68. The molecule has 0 radical (unpaired) electrons. The topological polar surface area (TPSA) is 84.3 Å². The summed E-state index contributed by atoms with van der Waals surface area (Å²) in [5, 5.41) is 10.9. The van der Waals surface area contributed by atoms with Crippen molar-refractivity contribution < 1.29 is 9.53 Å². The van der Waals surface area contributed by atoms with Crippen LogP contribution in [0.4, 0.5) is 0 Å². The van der Waals surface area contributed by atoms with Gasteiger partial charge in [-0.2, -0.15) is 4.63 Å². The third kappa shape index (κ3) is 4.24. The lowest BCUT2D eigenvalue weighted by Crippen LogP contribution is -2.39. The predicted octanol–water partition coefficient (Wildman–Crippen LogP) is 3.40. The first-order valence-electron chi connectivity index (χ1n) is 9.00. The molecule has 8 heteroatoms. The maximum atomic E-state index is 12.5. The van der Waals surface area contributed by atoms with Crippen LogP contribution in [0.3, 0.4) is 0 Å². The Morgan fingerprint density at radius 2 is 2.19 bits per heavy atom. The van der Waals surface area contributed by atoms with E-state index in [9.17, 15) is 4.79 Å². The molecule has 0 aliphatic heterocycles. The van der Waals surface area contributed by atoms with Gasteiger partial charge in [-0.1, -0.05) is 37.6 Å². The summed E-state index contributed by atoms with van der Waals surface area (Å²) in [4.78, 5) is 17.0. The molecule has 2 heterocycles. The van der Waals surface area contributed by atoms with Gasteiger partial charge in [0, 0.05) is 12.5 Å². The van der Waals surface area contributed by atoms with Crippen LogP contribution in [0.25, 0.3) is 5.65 Å². The van der Waals surface area contributed by atoms with Gasteiger partial charge in [0.15, 0.2) is 17.6 Å². The Morgan fingerprint density at radius 3 is 2.85 bits per heavy atom. The summed E-state index contributed by atoms with van der Waals surface area (Å²) in [5.41, 5.74) is 2.50. The van der Waals surface area contributed by atoms with Crippen molar-refractivity contribution in [1.82, 2.24) is 25.1 Å². The number of hydrogen-bond donors (Lipinski definition) is 2. The third-order valence-corrected chi connectivity index (χ3v) is 4.83. The summed E-state index contributed by atoms with van der Waals surface area (Å²) in [7, 11) is 0. The zero-order chi connectivity index (χ0) is 19.6. The van der Waals surface area contributed by atoms with E-state index in [0.717, 1.165) is 11.3 Å². The Hall–Kier alpha value is -2.54. The maximum Gasteiger partial charge on any atom is 0.261 e. The van der Waals surface area contributed by atoms with Gasteiger partial charge in [-0.3, -0.25) is 9.89 Å². The highest BCUT2D eigenvalue weighted by Crippen LogP contribution is 2.21. The van der Waals surface area contributed by atoms with Crippen LogP contribution in [0.1, 0.15) is 43.3 Å². The number of rotatable bonds is 7. The minimum absolute atomic E-state index is 0.0601. The number of nitrogens with zero attached hydrogens (tertiary/aromatic N) is 3. The van der Waals surface area contributed by atoms with Crippen molar-refractivity contribution in [2.75, 3.05) is 6.54 Å². The molecule has 2 aromatic heterocycles. The molecular formula is C19H24ClN5O2. The average Bonchev–Trinajstić information content (AvgIpc) is 3.17. The van der Waals surface area contributed by atoms with Crippen molar-refractivity contribution in [3.8, 4) is 5.75 Å². The van der Waals surface area contributed by atoms with Crippen molar-refractivity contribution in [2.45, 2.75) is 46.1 Å². The lowest BCUT2D eigenvalue weighted by molar-refractivity contribution is -0.128. The van der Waals surface area contributed by atoms with E-state index in [1.54, 1.807) is 4.63 Å². The Labute approximate surface area is 163 Å². The van der Waals surface area contributed by atoms with Crippen LogP contribution in [-0.2, 0) is 4.79 Å². The minimum Gasteiger partial charge on any atom is -0.481 e.